The molecule has 2 heterocycles. The molecule has 1 aromatic carbocycles. The Hall–Kier alpha value is -2.28. The molecule has 0 fully saturated rings. The van der Waals surface area contributed by atoms with Gasteiger partial charge in [-0.15, -0.1) is 0 Å². The molecule has 6 nitrogen and oxygen atoms in total. The summed E-state index contributed by atoms with van der Waals surface area (Å²) >= 11 is 1.50. The molecule has 0 spiro atoms. The van der Waals surface area contributed by atoms with Gasteiger partial charge < -0.3 is 15.3 Å². The maximum absolute atomic E-state index is 12.2. The average Bonchev–Trinajstić information content (AvgIpc) is 3.10. The zero-order valence-corrected chi connectivity index (χ0v) is 12.5. The average molecular weight is 317 g/mol. The predicted molar refractivity (Wildman–Crippen MR) is 84.3 cm³/mol. The number of aliphatic imine (C=N–C) groups is 1. The molecule has 22 heavy (non-hydrogen) atoms. The number of amidine groups is 1. The first-order valence-electron chi connectivity index (χ1n) is 6.90. The Morgan fingerprint density at radius 2 is 2.14 bits per heavy atom. The molecule has 0 radical (unpaired) electrons. The van der Waals surface area contributed by atoms with E-state index in [9.17, 15) is 14.7 Å². The van der Waals surface area contributed by atoms with Gasteiger partial charge in [0.15, 0.2) is 11.2 Å². The molecule has 1 amide bonds. The van der Waals surface area contributed by atoms with Gasteiger partial charge in [-0.2, -0.15) is 0 Å². The fraction of sp³-hybridized carbons (Fsp3) is 0.267. The normalized spacial score (nSPS) is 17.5. The second-order valence-corrected chi connectivity index (χ2v) is 5.81. The van der Waals surface area contributed by atoms with Crippen LogP contribution in [0.15, 0.2) is 46.4 Å². The molecule has 0 unspecified atom stereocenters. The molecule has 2 N–H and O–H groups in total. The minimum atomic E-state index is -1.07. The zero-order chi connectivity index (χ0) is 15.5. The maximum atomic E-state index is 12.2. The van der Waals surface area contributed by atoms with Crippen molar-refractivity contribution in [2.45, 2.75) is 12.5 Å². The lowest BCUT2D eigenvalue weighted by atomic mass is 10.1. The van der Waals surface area contributed by atoms with Crippen molar-refractivity contribution in [3.63, 3.8) is 0 Å². The first kappa shape index (κ1) is 14.6. The number of nitrogens with zero attached hydrogens (tertiary/aromatic N) is 2. The Balaban J connectivity index is 1.65. The smallest absolute Gasteiger partial charge is 0.330 e. The fourth-order valence-electron chi connectivity index (χ4n) is 2.43. The van der Waals surface area contributed by atoms with Crippen molar-refractivity contribution < 1.29 is 14.7 Å². The topological polar surface area (TPSA) is 82.0 Å². The number of amides is 1. The maximum Gasteiger partial charge on any atom is 0.330 e. The van der Waals surface area contributed by atoms with Gasteiger partial charge in [-0.1, -0.05) is 42.1 Å². The van der Waals surface area contributed by atoms with Gasteiger partial charge in [0.2, 0.25) is 5.91 Å². The number of fused-ring (bicyclic) bond motifs is 1. The van der Waals surface area contributed by atoms with Gasteiger partial charge in [0.25, 0.3) is 0 Å². The molecule has 1 atom stereocenters. The Morgan fingerprint density at radius 1 is 1.36 bits per heavy atom. The molecule has 0 saturated heterocycles. The van der Waals surface area contributed by atoms with E-state index < -0.39 is 12.0 Å². The summed E-state index contributed by atoms with van der Waals surface area (Å²) < 4.78 is 0. The highest BCUT2D eigenvalue weighted by Gasteiger charge is 2.29. The molecule has 2 aliphatic rings. The van der Waals surface area contributed by atoms with E-state index in [1.807, 2.05) is 10.3 Å². The van der Waals surface area contributed by atoms with E-state index in [4.69, 9.17) is 0 Å². The summed E-state index contributed by atoms with van der Waals surface area (Å²) in [7, 11) is 0. The summed E-state index contributed by atoms with van der Waals surface area (Å²) in [6, 6.07) is 7.65. The number of aliphatic carboxylic acids is 1. The Labute approximate surface area is 131 Å². The van der Waals surface area contributed by atoms with Gasteiger partial charge in [-0.25, -0.2) is 4.79 Å². The highest BCUT2D eigenvalue weighted by molar-refractivity contribution is 8.16. The molecular formula is C15H15N3O3S. The molecule has 7 heteroatoms. The Morgan fingerprint density at radius 3 is 2.86 bits per heavy atom. The van der Waals surface area contributed by atoms with Crippen molar-refractivity contribution in [1.29, 1.82) is 0 Å². The van der Waals surface area contributed by atoms with Crippen molar-refractivity contribution in [2.24, 2.45) is 4.99 Å². The van der Waals surface area contributed by atoms with Gasteiger partial charge in [-0.3, -0.25) is 9.79 Å². The van der Waals surface area contributed by atoms with Gasteiger partial charge in [0, 0.05) is 12.2 Å². The summed E-state index contributed by atoms with van der Waals surface area (Å²) in [6.45, 7) is 1.52. The number of carboxylic acids is 1. The molecule has 0 aromatic heterocycles. The number of carbonyl (C=O) groups excluding carboxylic acids is 1. The van der Waals surface area contributed by atoms with Crippen molar-refractivity contribution in [3.05, 3.63) is 47.0 Å². The lowest BCUT2D eigenvalue weighted by molar-refractivity contribution is -0.142. The van der Waals surface area contributed by atoms with Gasteiger partial charge in [-0.05, 0) is 11.0 Å². The van der Waals surface area contributed by atoms with Gasteiger partial charge in [0.1, 0.15) is 0 Å². The SMILES string of the molecule is O=C(CC1=CSC2=NCCN12)N[C@H](C(=O)O)c1ccccc1. The van der Waals surface area contributed by atoms with Crippen LogP contribution in [0.4, 0.5) is 0 Å². The van der Waals surface area contributed by atoms with Crippen LogP contribution in [0, 0.1) is 0 Å². The number of hydrogen-bond acceptors (Lipinski definition) is 5. The highest BCUT2D eigenvalue weighted by atomic mass is 32.2. The first-order chi connectivity index (χ1) is 10.6. The molecule has 2 aliphatic heterocycles. The van der Waals surface area contributed by atoms with Gasteiger partial charge in [0.05, 0.1) is 13.0 Å². The van der Waals surface area contributed by atoms with E-state index in [1.165, 1.54) is 11.8 Å². The number of hydrogen-bond donors (Lipinski definition) is 2. The summed E-state index contributed by atoms with van der Waals surface area (Å²) in [5, 5.41) is 14.7. The van der Waals surface area contributed by atoms with Crippen molar-refractivity contribution in [2.75, 3.05) is 13.1 Å². The summed E-state index contributed by atoms with van der Waals surface area (Å²) in [5.41, 5.74) is 1.43. The largest absolute Gasteiger partial charge is 0.479 e. The number of carboxylic acid groups (broad SMARTS) is 1. The van der Waals surface area contributed by atoms with Crippen LogP contribution in [0.2, 0.25) is 0 Å². The van der Waals surface area contributed by atoms with E-state index in [-0.39, 0.29) is 12.3 Å². The monoisotopic (exact) mass is 317 g/mol. The third-order valence-corrected chi connectivity index (χ3v) is 4.43. The van der Waals surface area contributed by atoms with Crippen LogP contribution in [0.1, 0.15) is 18.0 Å². The van der Waals surface area contributed by atoms with Gasteiger partial charge >= 0.3 is 5.97 Å². The number of thioether (sulfide) groups is 1. The lowest BCUT2D eigenvalue weighted by Gasteiger charge is -2.18. The number of rotatable bonds is 5. The minimum absolute atomic E-state index is 0.155. The molecular weight excluding hydrogens is 302 g/mol. The fourth-order valence-corrected chi connectivity index (χ4v) is 3.38. The summed E-state index contributed by atoms with van der Waals surface area (Å²) in [5.74, 6) is -1.38. The molecule has 114 valence electrons. The number of carbonyl (C=O) groups is 2. The van der Waals surface area contributed by atoms with E-state index in [2.05, 4.69) is 10.3 Å². The summed E-state index contributed by atoms with van der Waals surface area (Å²) in [4.78, 5) is 29.9. The number of nitrogens with one attached hydrogen (secondary N) is 1. The van der Waals surface area contributed by atoms with Crippen LogP contribution in [0.25, 0.3) is 0 Å². The van der Waals surface area contributed by atoms with E-state index in [0.717, 1.165) is 24.0 Å². The quantitative estimate of drug-likeness (QED) is 0.861. The molecule has 0 saturated carbocycles. The van der Waals surface area contributed by atoms with Crippen molar-refractivity contribution >= 4 is 28.8 Å². The second-order valence-electron chi connectivity index (χ2n) is 4.97. The third-order valence-electron chi connectivity index (χ3n) is 3.48. The second kappa shape index (κ2) is 6.23. The first-order valence-corrected chi connectivity index (χ1v) is 7.78. The lowest BCUT2D eigenvalue weighted by Crippen LogP contribution is -2.35. The van der Waals surface area contributed by atoms with E-state index in [0.29, 0.717) is 5.56 Å². The Bertz CT molecular complexity index is 657. The number of benzene rings is 1. The van der Waals surface area contributed by atoms with Crippen LogP contribution in [0.5, 0.6) is 0 Å². The zero-order valence-electron chi connectivity index (χ0n) is 11.7. The van der Waals surface area contributed by atoms with E-state index in [1.54, 1.807) is 30.3 Å². The van der Waals surface area contributed by atoms with Crippen LogP contribution >= 0.6 is 11.8 Å². The van der Waals surface area contributed by atoms with E-state index >= 15 is 0 Å². The van der Waals surface area contributed by atoms with Crippen LogP contribution in [-0.4, -0.2) is 40.1 Å². The van der Waals surface area contributed by atoms with Crippen molar-refractivity contribution in [1.82, 2.24) is 10.2 Å². The van der Waals surface area contributed by atoms with Crippen LogP contribution in [0.3, 0.4) is 0 Å². The predicted octanol–water partition coefficient (Wildman–Crippen LogP) is 1.58. The highest BCUT2D eigenvalue weighted by Crippen LogP contribution is 2.30. The molecule has 0 bridgehead atoms. The molecule has 0 aliphatic carbocycles. The molecule has 1 aromatic rings. The standard InChI is InChI=1S/C15H15N3O3S/c19-12(8-11-9-22-15-16-6-7-18(11)15)17-13(14(20)21)10-4-2-1-3-5-10/h1-5,9,13H,6-8H2,(H,17,19)(H,20,21)/t13-/m0/s1. The Kier molecular flexibility index (Phi) is 4.15. The van der Waals surface area contributed by atoms with Crippen LogP contribution < -0.4 is 5.32 Å². The van der Waals surface area contributed by atoms with Crippen molar-refractivity contribution in [3.8, 4) is 0 Å². The molecule has 3 rings (SSSR count). The third kappa shape index (κ3) is 2.99. The van der Waals surface area contributed by atoms with Crippen LogP contribution in [-0.2, 0) is 9.59 Å². The minimum Gasteiger partial charge on any atom is -0.479 e. The summed E-state index contributed by atoms with van der Waals surface area (Å²) in [6.07, 6.45) is 0.155.